The van der Waals surface area contributed by atoms with Crippen molar-refractivity contribution in [2.75, 3.05) is 17.2 Å². The zero-order valence-corrected chi connectivity index (χ0v) is 14.6. The summed E-state index contributed by atoms with van der Waals surface area (Å²) in [6.07, 6.45) is 2.11. The molecule has 1 saturated heterocycles. The van der Waals surface area contributed by atoms with Gasteiger partial charge < -0.3 is 10.3 Å². The smallest absolute Gasteiger partial charge is 0.260 e. The van der Waals surface area contributed by atoms with Crippen molar-refractivity contribution in [3.05, 3.63) is 16.8 Å². The maximum Gasteiger partial charge on any atom is 0.260 e. The molecule has 1 aliphatic rings. The lowest BCUT2D eigenvalue weighted by Crippen LogP contribution is -2.19. The number of aryl methyl sites for hydroxylation is 1. The van der Waals surface area contributed by atoms with E-state index in [1.807, 2.05) is 23.5 Å². The molecule has 2 N–H and O–H groups in total. The van der Waals surface area contributed by atoms with E-state index in [4.69, 9.17) is 10.3 Å². The van der Waals surface area contributed by atoms with Crippen LogP contribution in [0.25, 0.3) is 11.5 Å². The van der Waals surface area contributed by atoms with E-state index in [0.717, 1.165) is 35.0 Å². The van der Waals surface area contributed by atoms with Gasteiger partial charge >= 0.3 is 0 Å². The van der Waals surface area contributed by atoms with Crippen molar-refractivity contribution >= 4 is 39.9 Å². The van der Waals surface area contributed by atoms with Crippen LogP contribution in [0.2, 0.25) is 0 Å². The zero-order valence-electron chi connectivity index (χ0n) is 12.2. The lowest BCUT2D eigenvalue weighted by atomic mass is 10.2. The predicted molar refractivity (Wildman–Crippen MR) is 93.1 cm³/mol. The number of nitrogens with two attached hydrogens (primary N) is 1. The minimum Gasteiger partial charge on any atom is -0.390 e. The summed E-state index contributed by atoms with van der Waals surface area (Å²) in [6, 6.07) is 2.07. The van der Waals surface area contributed by atoms with Crippen molar-refractivity contribution in [2.45, 2.75) is 37.2 Å². The molecule has 1 fully saturated rings. The number of anilines is 1. The summed E-state index contributed by atoms with van der Waals surface area (Å²) in [5.41, 5.74) is 6.96. The zero-order chi connectivity index (χ0) is 14.8. The normalized spacial score (nSPS) is 22.6. The second-order valence-corrected chi connectivity index (χ2v) is 8.68. The first-order valence-electron chi connectivity index (χ1n) is 7.18. The molecule has 2 atom stereocenters. The maximum atomic E-state index is 6.07. The molecule has 0 bridgehead atoms. The van der Waals surface area contributed by atoms with E-state index in [1.54, 1.807) is 11.3 Å². The van der Waals surface area contributed by atoms with Crippen molar-refractivity contribution in [3.63, 3.8) is 0 Å². The first-order valence-corrected chi connectivity index (χ1v) is 10.1. The Morgan fingerprint density at radius 3 is 2.86 bits per heavy atom. The van der Waals surface area contributed by atoms with Gasteiger partial charge in [-0.1, -0.05) is 19.0 Å². The molecule has 2 aromatic heterocycles. The maximum absolute atomic E-state index is 6.07. The standard InChI is InChI=1S/C14H19N3OS3/c1-3-8-7-9(12(15)21-8)14-16-13(17-18-14)11-10(4-2)19-5-6-20-11/h7,10-11H,3-6,15H2,1-2H3. The number of nitrogens with zero attached hydrogens (tertiary/aromatic N) is 2. The van der Waals surface area contributed by atoms with E-state index in [0.29, 0.717) is 16.4 Å². The minimum atomic E-state index is 0.330. The Balaban J connectivity index is 1.86. The number of hydrogen-bond acceptors (Lipinski definition) is 7. The molecular weight excluding hydrogens is 322 g/mol. The quantitative estimate of drug-likeness (QED) is 0.897. The van der Waals surface area contributed by atoms with E-state index in [9.17, 15) is 0 Å². The van der Waals surface area contributed by atoms with Gasteiger partial charge in [0.05, 0.1) is 15.8 Å². The van der Waals surface area contributed by atoms with Gasteiger partial charge in [0.15, 0.2) is 5.82 Å². The Labute approximate surface area is 137 Å². The van der Waals surface area contributed by atoms with Crippen LogP contribution in [-0.2, 0) is 6.42 Å². The SMILES string of the molecule is CCc1cc(-c2nc(C3SCCSC3CC)no2)c(N)s1. The molecule has 3 rings (SSSR count). The van der Waals surface area contributed by atoms with E-state index >= 15 is 0 Å². The van der Waals surface area contributed by atoms with Gasteiger partial charge in [0.1, 0.15) is 0 Å². The van der Waals surface area contributed by atoms with Crippen molar-refractivity contribution in [3.8, 4) is 11.5 Å². The Morgan fingerprint density at radius 1 is 1.33 bits per heavy atom. The molecule has 3 heterocycles. The lowest BCUT2D eigenvalue weighted by molar-refractivity contribution is 0.421. The van der Waals surface area contributed by atoms with Crippen LogP contribution in [0.1, 0.15) is 36.2 Å². The highest BCUT2D eigenvalue weighted by molar-refractivity contribution is 8.06. The molecule has 0 aliphatic carbocycles. The molecule has 2 unspecified atom stereocenters. The highest BCUT2D eigenvalue weighted by Crippen LogP contribution is 2.43. The Kier molecular flexibility index (Phi) is 4.81. The fourth-order valence-corrected chi connectivity index (χ4v) is 6.24. The number of thioether (sulfide) groups is 2. The fraction of sp³-hybridized carbons (Fsp3) is 0.571. The molecular formula is C14H19N3OS3. The number of hydrogen-bond donors (Lipinski definition) is 1. The average molecular weight is 342 g/mol. The van der Waals surface area contributed by atoms with Crippen molar-refractivity contribution < 1.29 is 4.52 Å². The minimum absolute atomic E-state index is 0.330. The third-order valence-electron chi connectivity index (χ3n) is 3.54. The van der Waals surface area contributed by atoms with Gasteiger partial charge in [-0.15, -0.1) is 23.1 Å². The van der Waals surface area contributed by atoms with Gasteiger partial charge in [-0.05, 0) is 18.9 Å². The second-order valence-electron chi connectivity index (χ2n) is 4.91. The van der Waals surface area contributed by atoms with Crippen molar-refractivity contribution in [2.24, 2.45) is 0 Å². The molecule has 0 amide bonds. The van der Waals surface area contributed by atoms with Crippen LogP contribution in [0.15, 0.2) is 10.6 Å². The number of thiophene rings is 1. The van der Waals surface area contributed by atoms with Crippen LogP contribution < -0.4 is 5.73 Å². The Hall–Kier alpha value is -0.660. The molecule has 7 heteroatoms. The van der Waals surface area contributed by atoms with Crippen LogP contribution in [0.4, 0.5) is 5.00 Å². The first-order chi connectivity index (χ1) is 10.2. The van der Waals surface area contributed by atoms with Crippen LogP contribution >= 0.6 is 34.9 Å². The monoisotopic (exact) mass is 341 g/mol. The van der Waals surface area contributed by atoms with E-state index in [2.05, 4.69) is 30.1 Å². The highest BCUT2D eigenvalue weighted by Gasteiger charge is 2.30. The van der Waals surface area contributed by atoms with E-state index in [1.165, 1.54) is 10.6 Å². The molecule has 0 aromatic carbocycles. The highest BCUT2D eigenvalue weighted by atomic mass is 32.2. The molecule has 0 spiro atoms. The molecule has 2 aromatic rings. The van der Waals surface area contributed by atoms with Gasteiger partial charge in [-0.25, -0.2) is 0 Å². The second kappa shape index (κ2) is 6.62. The summed E-state index contributed by atoms with van der Waals surface area (Å²) < 4.78 is 5.48. The molecule has 21 heavy (non-hydrogen) atoms. The van der Waals surface area contributed by atoms with Crippen LogP contribution in [0, 0.1) is 0 Å². The predicted octanol–water partition coefficient (Wildman–Crippen LogP) is 4.24. The molecule has 1 aliphatic heterocycles. The van der Waals surface area contributed by atoms with Crippen LogP contribution in [-0.4, -0.2) is 26.9 Å². The third-order valence-corrected chi connectivity index (χ3v) is 7.89. The summed E-state index contributed by atoms with van der Waals surface area (Å²) in [5.74, 6) is 3.74. The summed E-state index contributed by atoms with van der Waals surface area (Å²) in [4.78, 5) is 5.87. The fourth-order valence-electron chi connectivity index (χ4n) is 2.40. The summed E-state index contributed by atoms with van der Waals surface area (Å²) in [5, 5.41) is 5.88. The molecule has 0 radical (unpaired) electrons. The van der Waals surface area contributed by atoms with Gasteiger partial charge in [0, 0.05) is 21.6 Å². The summed E-state index contributed by atoms with van der Waals surface area (Å²) >= 11 is 5.55. The molecule has 4 nitrogen and oxygen atoms in total. The summed E-state index contributed by atoms with van der Waals surface area (Å²) in [6.45, 7) is 4.35. The van der Waals surface area contributed by atoms with Gasteiger partial charge in [-0.2, -0.15) is 16.7 Å². The van der Waals surface area contributed by atoms with E-state index < -0.39 is 0 Å². The van der Waals surface area contributed by atoms with E-state index in [-0.39, 0.29) is 0 Å². The lowest BCUT2D eigenvalue weighted by Gasteiger charge is -2.27. The Bertz CT molecular complexity index is 610. The van der Waals surface area contributed by atoms with Crippen LogP contribution in [0.3, 0.4) is 0 Å². The van der Waals surface area contributed by atoms with Gasteiger partial charge in [0.2, 0.25) is 0 Å². The first kappa shape index (κ1) is 15.2. The molecule has 0 saturated carbocycles. The van der Waals surface area contributed by atoms with Crippen LogP contribution in [0.5, 0.6) is 0 Å². The number of aromatic nitrogens is 2. The largest absolute Gasteiger partial charge is 0.390 e. The topological polar surface area (TPSA) is 64.9 Å². The average Bonchev–Trinajstić information content (AvgIpc) is 3.13. The van der Waals surface area contributed by atoms with Crippen molar-refractivity contribution in [1.82, 2.24) is 10.1 Å². The third kappa shape index (κ3) is 3.10. The van der Waals surface area contributed by atoms with Gasteiger partial charge in [0.25, 0.3) is 5.89 Å². The molecule has 114 valence electrons. The Morgan fingerprint density at radius 2 is 2.14 bits per heavy atom. The van der Waals surface area contributed by atoms with Crippen molar-refractivity contribution in [1.29, 1.82) is 0 Å². The number of nitrogen functional groups attached to an aromatic ring is 1. The van der Waals surface area contributed by atoms with Gasteiger partial charge in [-0.3, -0.25) is 0 Å². The number of rotatable bonds is 4. The summed E-state index contributed by atoms with van der Waals surface area (Å²) in [7, 11) is 0.